The van der Waals surface area contributed by atoms with Crippen LogP contribution in [0.2, 0.25) is 0 Å². The largest absolute Gasteiger partial charge is 0.501 e. The Hall–Kier alpha value is -4.10. The van der Waals surface area contributed by atoms with Gasteiger partial charge in [-0.1, -0.05) is 72.4 Å². The van der Waals surface area contributed by atoms with E-state index in [0.29, 0.717) is 16.8 Å². The van der Waals surface area contributed by atoms with E-state index in [9.17, 15) is 14.7 Å². The standard InChI is InChI=1S/C24H20N6O5S2/c1-2-34-21(33)24(13-36-22-25-18(27-29-22)14-9-5-3-6-10-14)17(16(31)20(32)35-24)37-23-26-19(28-30-23)15-11-7-4-8-12-15/h3-12,31H,2,13H2,1H3,(H,25,27,29)(H,26,28,30). The summed E-state index contributed by atoms with van der Waals surface area (Å²) in [5, 5.41) is 25.1. The molecule has 0 amide bonds. The molecule has 0 spiro atoms. The summed E-state index contributed by atoms with van der Waals surface area (Å²) in [6, 6.07) is 18.7. The number of cyclic esters (lactones) is 1. The van der Waals surface area contributed by atoms with Gasteiger partial charge in [0.1, 0.15) is 0 Å². The summed E-state index contributed by atoms with van der Waals surface area (Å²) >= 11 is 1.91. The van der Waals surface area contributed by atoms with Gasteiger partial charge in [0.15, 0.2) is 11.6 Å². The number of ether oxygens (including phenoxy) is 2. The van der Waals surface area contributed by atoms with E-state index < -0.39 is 23.3 Å². The number of hydrogen-bond acceptors (Lipinski definition) is 11. The smallest absolute Gasteiger partial charge is 0.375 e. The summed E-state index contributed by atoms with van der Waals surface area (Å²) in [4.78, 5) is 34.5. The zero-order valence-electron chi connectivity index (χ0n) is 19.4. The lowest BCUT2D eigenvalue weighted by molar-refractivity contribution is -0.169. The first kappa shape index (κ1) is 24.6. The van der Waals surface area contributed by atoms with Gasteiger partial charge in [0.25, 0.3) is 5.60 Å². The Labute approximate surface area is 219 Å². The molecule has 37 heavy (non-hydrogen) atoms. The van der Waals surface area contributed by atoms with Crippen molar-refractivity contribution in [1.29, 1.82) is 0 Å². The number of esters is 2. The number of carbonyl (C=O) groups is 2. The maximum absolute atomic E-state index is 13.2. The van der Waals surface area contributed by atoms with Crippen LogP contribution in [-0.4, -0.2) is 65.4 Å². The first-order chi connectivity index (χ1) is 18.0. The van der Waals surface area contributed by atoms with Crippen LogP contribution in [0.3, 0.4) is 0 Å². The van der Waals surface area contributed by atoms with Gasteiger partial charge in [0, 0.05) is 11.1 Å². The highest BCUT2D eigenvalue weighted by atomic mass is 32.2. The van der Waals surface area contributed by atoms with Crippen molar-refractivity contribution < 1.29 is 24.2 Å². The number of hydrogen-bond donors (Lipinski definition) is 3. The number of aliphatic hydroxyl groups is 1. The first-order valence-electron chi connectivity index (χ1n) is 11.1. The molecule has 5 rings (SSSR count). The molecule has 13 heteroatoms. The predicted octanol–water partition coefficient (Wildman–Crippen LogP) is 3.77. The number of H-pyrrole nitrogens is 2. The molecule has 2 aromatic heterocycles. The minimum absolute atomic E-state index is 0.0408. The highest BCUT2D eigenvalue weighted by Crippen LogP contribution is 2.45. The van der Waals surface area contributed by atoms with Crippen molar-refractivity contribution in [1.82, 2.24) is 30.4 Å². The van der Waals surface area contributed by atoms with Crippen molar-refractivity contribution in [2.75, 3.05) is 12.4 Å². The van der Waals surface area contributed by atoms with Crippen LogP contribution in [0.4, 0.5) is 0 Å². The van der Waals surface area contributed by atoms with Crippen molar-refractivity contribution in [2.45, 2.75) is 22.8 Å². The summed E-state index contributed by atoms with van der Waals surface area (Å²) in [6.45, 7) is 1.67. The van der Waals surface area contributed by atoms with E-state index in [1.54, 1.807) is 6.92 Å². The molecular formula is C24H20N6O5S2. The molecule has 1 aliphatic heterocycles. The second-order valence-electron chi connectivity index (χ2n) is 7.67. The fraction of sp³-hybridized carbons (Fsp3) is 0.167. The van der Waals surface area contributed by atoms with Crippen molar-refractivity contribution >= 4 is 35.5 Å². The summed E-state index contributed by atoms with van der Waals surface area (Å²) in [5.41, 5.74) is -0.306. The lowest BCUT2D eigenvalue weighted by Crippen LogP contribution is -2.44. The van der Waals surface area contributed by atoms with Crippen LogP contribution in [0.25, 0.3) is 22.8 Å². The topological polar surface area (TPSA) is 156 Å². The van der Waals surface area contributed by atoms with Gasteiger partial charge in [-0.3, -0.25) is 10.2 Å². The molecule has 3 heterocycles. The highest BCUT2D eigenvalue weighted by Gasteiger charge is 2.56. The van der Waals surface area contributed by atoms with Gasteiger partial charge in [-0.15, -0.1) is 10.2 Å². The zero-order valence-corrected chi connectivity index (χ0v) is 21.0. The van der Waals surface area contributed by atoms with E-state index in [1.807, 2.05) is 60.7 Å². The van der Waals surface area contributed by atoms with Crippen molar-refractivity contribution in [3.8, 4) is 22.8 Å². The van der Waals surface area contributed by atoms with E-state index >= 15 is 0 Å². The molecule has 188 valence electrons. The number of aromatic nitrogens is 6. The average Bonchev–Trinajstić information content (AvgIpc) is 3.65. The molecule has 1 unspecified atom stereocenters. The van der Waals surface area contributed by atoms with Crippen LogP contribution < -0.4 is 0 Å². The van der Waals surface area contributed by atoms with E-state index in [1.165, 1.54) is 0 Å². The second-order valence-corrected chi connectivity index (χ2v) is 9.59. The molecular weight excluding hydrogens is 516 g/mol. The molecule has 11 nitrogen and oxygen atoms in total. The van der Waals surface area contributed by atoms with Gasteiger partial charge < -0.3 is 14.6 Å². The molecule has 0 saturated carbocycles. The van der Waals surface area contributed by atoms with E-state index in [2.05, 4.69) is 30.4 Å². The van der Waals surface area contributed by atoms with E-state index in [-0.39, 0.29) is 22.4 Å². The Kier molecular flexibility index (Phi) is 6.97. The van der Waals surface area contributed by atoms with Crippen LogP contribution in [0.1, 0.15) is 6.92 Å². The summed E-state index contributed by atoms with van der Waals surface area (Å²) in [7, 11) is 0. The molecule has 1 atom stereocenters. The molecule has 4 aromatic rings. The third-order valence-electron chi connectivity index (χ3n) is 5.27. The lowest BCUT2D eigenvalue weighted by Gasteiger charge is -2.26. The second kappa shape index (κ2) is 10.5. The first-order valence-corrected chi connectivity index (χ1v) is 12.9. The highest BCUT2D eigenvalue weighted by molar-refractivity contribution is 8.03. The van der Waals surface area contributed by atoms with Gasteiger partial charge in [-0.25, -0.2) is 19.6 Å². The number of carbonyl (C=O) groups excluding carboxylic acids is 2. The van der Waals surface area contributed by atoms with Gasteiger partial charge in [-0.05, 0) is 18.7 Å². The van der Waals surface area contributed by atoms with Gasteiger partial charge in [0.2, 0.25) is 16.1 Å². The van der Waals surface area contributed by atoms with Gasteiger partial charge in [-0.2, -0.15) is 0 Å². The Bertz CT molecular complexity index is 1460. The molecule has 2 aromatic carbocycles. The van der Waals surface area contributed by atoms with Crippen molar-refractivity contribution in [2.24, 2.45) is 0 Å². The number of nitrogens with one attached hydrogen (secondary N) is 2. The fourth-order valence-electron chi connectivity index (χ4n) is 3.51. The quantitative estimate of drug-likeness (QED) is 0.211. The van der Waals surface area contributed by atoms with Gasteiger partial charge >= 0.3 is 11.9 Å². The third-order valence-corrected chi connectivity index (χ3v) is 7.35. The maximum atomic E-state index is 13.2. The molecule has 3 N–H and O–H groups in total. The van der Waals surface area contributed by atoms with E-state index in [4.69, 9.17) is 9.47 Å². The number of rotatable bonds is 9. The molecule has 0 aliphatic carbocycles. The summed E-state index contributed by atoms with van der Waals surface area (Å²) in [5.74, 6) is -1.70. The molecule has 0 bridgehead atoms. The third kappa shape index (κ3) is 4.95. The van der Waals surface area contributed by atoms with Crippen LogP contribution in [0.5, 0.6) is 0 Å². The lowest BCUT2D eigenvalue weighted by atomic mass is 10.1. The van der Waals surface area contributed by atoms with Crippen molar-refractivity contribution in [3.63, 3.8) is 0 Å². The number of thioether (sulfide) groups is 2. The molecule has 0 fully saturated rings. The normalized spacial score (nSPS) is 17.2. The minimum atomic E-state index is -1.94. The Morgan fingerprint density at radius 1 is 0.973 bits per heavy atom. The van der Waals surface area contributed by atoms with E-state index in [0.717, 1.165) is 34.7 Å². The number of benzene rings is 2. The Morgan fingerprint density at radius 3 is 2.14 bits per heavy atom. The molecule has 1 aliphatic rings. The van der Waals surface area contributed by atoms with Crippen LogP contribution >= 0.6 is 23.5 Å². The zero-order chi connectivity index (χ0) is 25.8. The number of nitrogens with zero attached hydrogens (tertiary/aromatic N) is 4. The minimum Gasteiger partial charge on any atom is -0.501 e. The van der Waals surface area contributed by atoms with Crippen LogP contribution in [-0.2, 0) is 19.1 Å². The fourth-order valence-corrected chi connectivity index (χ4v) is 5.48. The SMILES string of the molecule is CCOC(=O)C1(CSc2n[nH]c(-c3ccccc3)n2)OC(=O)C(O)=C1Sc1n[nH]c(-c2ccccc2)n1. The average molecular weight is 537 g/mol. The number of aromatic amines is 2. The monoisotopic (exact) mass is 536 g/mol. The molecule has 0 saturated heterocycles. The predicted molar refractivity (Wildman–Crippen MR) is 135 cm³/mol. The maximum Gasteiger partial charge on any atom is 0.375 e. The van der Waals surface area contributed by atoms with Crippen LogP contribution in [0.15, 0.2) is 81.6 Å². The van der Waals surface area contributed by atoms with Crippen molar-refractivity contribution in [3.05, 3.63) is 71.3 Å². The Morgan fingerprint density at radius 2 is 1.54 bits per heavy atom. The Balaban J connectivity index is 1.42. The molecule has 0 radical (unpaired) electrons. The van der Waals surface area contributed by atoms with Gasteiger partial charge in [0.05, 0.1) is 17.3 Å². The summed E-state index contributed by atoms with van der Waals surface area (Å²) < 4.78 is 10.7. The van der Waals surface area contributed by atoms with Crippen LogP contribution in [0, 0.1) is 0 Å². The summed E-state index contributed by atoms with van der Waals surface area (Å²) in [6.07, 6.45) is 0. The number of aliphatic hydroxyl groups excluding tert-OH is 1.